The molecule has 0 fully saturated rings. The molecule has 18 heavy (non-hydrogen) atoms. The fourth-order valence-electron chi connectivity index (χ4n) is 2.00. The highest BCUT2D eigenvalue weighted by Crippen LogP contribution is 2.25. The predicted octanol–water partition coefficient (Wildman–Crippen LogP) is 1.88. The number of aryl methyl sites for hydroxylation is 1. The number of aromatic nitrogens is 2. The fraction of sp³-hybridized carbons (Fsp3) is 0.286. The number of nitrogens with two attached hydrogens (primary N) is 1. The van der Waals surface area contributed by atoms with E-state index in [1.165, 1.54) is 0 Å². The van der Waals surface area contributed by atoms with Gasteiger partial charge in [0.25, 0.3) is 0 Å². The quantitative estimate of drug-likeness (QED) is 0.890. The largest absolute Gasteiger partial charge is 0.496 e. The Hall–Kier alpha value is -1.94. The average molecular weight is 243 g/mol. The van der Waals surface area contributed by atoms with Gasteiger partial charge in [0.05, 0.1) is 13.0 Å². The van der Waals surface area contributed by atoms with E-state index >= 15 is 0 Å². The summed E-state index contributed by atoms with van der Waals surface area (Å²) in [6.07, 6.45) is 3.47. The van der Waals surface area contributed by atoms with E-state index < -0.39 is 0 Å². The summed E-state index contributed by atoms with van der Waals surface area (Å²) in [6, 6.07) is 7.85. The normalized spacial score (nSPS) is 12.2. The van der Waals surface area contributed by atoms with Gasteiger partial charge in [-0.1, -0.05) is 12.1 Å². The Morgan fingerprint density at radius 3 is 2.56 bits per heavy atom. The zero-order valence-electron chi connectivity index (χ0n) is 10.6. The highest BCUT2D eigenvalue weighted by atomic mass is 16.5. The SMILES string of the molecule is COc1ccc(C(CN)c2ncccn2)cc1C. The van der Waals surface area contributed by atoms with E-state index in [2.05, 4.69) is 16.0 Å². The van der Waals surface area contributed by atoms with Crippen LogP contribution in [0.3, 0.4) is 0 Å². The molecule has 0 aliphatic rings. The lowest BCUT2D eigenvalue weighted by Gasteiger charge is -2.15. The molecule has 0 bridgehead atoms. The van der Waals surface area contributed by atoms with Crippen molar-refractivity contribution in [3.8, 4) is 5.75 Å². The number of hydrogen-bond donors (Lipinski definition) is 1. The molecule has 0 saturated carbocycles. The Kier molecular flexibility index (Phi) is 3.89. The monoisotopic (exact) mass is 243 g/mol. The van der Waals surface area contributed by atoms with E-state index in [-0.39, 0.29) is 5.92 Å². The van der Waals surface area contributed by atoms with Gasteiger partial charge in [0.15, 0.2) is 0 Å². The minimum atomic E-state index is 0.0239. The zero-order valence-corrected chi connectivity index (χ0v) is 10.6. The van der Waals surface area contributed by atoms with Crippen molar-refractivity contribution in [2.75, 3.05) is 13.7 Å². The number of benzene rings is 1. The molecule has 1 atom stereocenters. The molecule has 0 aliphatic heterocycles. The molecule has 1 heterocycles. The zero-order chi connectivity index (χ0) is 13.0. The van der Waals surface area contributed by atoms with Gasteiger partial charge >= 0.3 is 0 Å². The molecule has 4 heteroatoms. The molecule has 0 saturated heterocycles. The summed E-state index contributed by atoms with van der Waals surface area (Å²) in [5.74, 6) is 1.66. The molecular formula is C14H17N3O. The van der Waals surface area contributed by atoms with Crippen molar-refractivity contribution in [2.24, 2.45) is 5.73 Å². The molecule has 1 aromatic heterocycles. The van der Waals surface area contributed by atoms with E-state index in [1.807, 2.05) is 19.1 Å². The lowest BCUT2D eigenvalue weighted by atomic mass is 9.96. The van der Waals surface area contributed by atoms with Gasteiger partial charge in [-0.05, 0) is 30.2 Å². The summed E-state index contributed by atoms with van der Waals surface area (Å²) in [5.41, 5.74) is 8.05. The summed E-state index contributed by atoms with van der Waals surface area (Å²) >= 11 is 0. The van der Waals surface area contributed by atoms with Crippen molar-refractivity contribution in [3.05, 3.63) is 53.6 Å². The Balaban J connectivity index is 2.37. The third-order valence-corrected chi connectivity index (χ3v) is 2.95. The topological polar surface area (TPSA) is 61.0 Å². The first-order valence-corrected chi connectivity index (χ1v) is 5.87. The van der Waals surface area contributed by atoms with Gasteiger partial charge in [-0.15, -0.1) is 0 Å². The highest BCUT2D eigenvalue weighted by molar-refractivity contribution is 5.39. The van der Waals surface area contributed by atoms with E-state index in [0.717, 1.165) is 22.7 Å². The van der Waals surface area contributed by atoms with Gasteiger partial charge in [-0.3, -0.25) is 0 Å². The van der Waals surface area contributed by atoms with E-state index in [0.29, 0.717) is 6.54 Å². The van der Waals surface area contributed by atoms with Crippen LogP contribution >= 0.6 is 0 Å². The van der Waals surface area contributed by atoms with E-state index in [1.54, 1.807) is 25.6 Å². The highest BCUT2D eigenvalue weighted by Gasteiger charge is 2.15. The first-order valence-electron chi connectivity index (χ1n) is 5.87. The van der Waals surface area contributed by atoms with Crippen LogP contribution in [-0.4, -0.2) is 23.6 Å². The Morgan fingerprint density at radius 1 is 1.28 bits per heavy atom. The van der Waals surface area contributed by atoms with Crippen LogP contribution in [-0.2, 0) is 0 Å². The Bertz CT molecular complexity index is 514. The third-order valence-electron chi connectivity index (χ3n) is 2.95. The summed E-state index contributed by atoms with van der Waals surface area (Å²) in [4.78, 5) is 8.55. The summed E-state index contributed by atoms with van der Waals surface area (Å²) in [7, 11) is 1.67. The minimum Gasteiger partial charge on any atom is -0.496 e. The molecule has 1 unspecified atom stereocenters. The first-order chi connectivity index (χ1) is 8.76. The molecule has 1 aromatic carbocycles. The molecular weight excluding hydrogens is 226 g/mol. The van der Waals surface area contributed by atoms with Crippen LogP contribution in [0.1, 0.15) is 22.9 Å². The van der Waals surface area contributed by atoms with Crippen LogP contribution in [0.15, 0.2) is 36.7 Å². The van der Waals surface area contributed by atoms with Crippen molar-refractivity contribution in [3.63, 3.8) is 0 Å². The van der Waals surface area contributed by atoms with Gasteiger partial charge in [-0.25, -0.2) is 9.97 Å². The van der Waals surface area contributed by atoms with Crippen LogP contribution in [0.2, 0.25) is 0 Å². The van der Waals surface area contributed by atoms with Crippen LogP contribution < -0.4 is 10.5 Å². The van der Waals surface area contributed by atoms with Crippen molar-refractivity contribution >= 4 is 0 Å². The summed E-state index contributed by atoms with van der Waals surface area (Å²) in [5, 5.41) is 0. The summed E-state index contributed by atoms with van der Waals surface area (Å²) < 4.78 is 5.26. The van der Waals surface area contributed by atoms with Gasteiger partial charge < -0.3 is 10.5 Å². The molecule has 0 radical (unpaired) electrons. The number of rotatable bonds is 4. The number of nitrogens with zero attached hydrogens (tertiary/aromatic N) is 2. The van der Waals surface area contributed by atoms with Crippen molar-refractivity contribution in [1.29, 1.82) is 0 Å². The molecule has 2 aromatic rings. The molecule has 0 amide bonds. The number of methoxy groups -OCH3 is 1. The number of ether oxygens (including phenoxy) is 1. The molecule has 94 valence electrons. The van der Waals surface area contributed by atoms with Crippen molar-refractivity contribution < 1.29 is 4.74 Å². The Labute approximate surface area is 107 Å². The maximum atomic E-state index is 5.85. The van der Waals surface area contributed by atoms with Crippen LogP contribution in [0.4, 0.5) is 0 Å². The van der Waals surface area contributed by atoms with Gasteiger partial charge in [-0.2, -0.15) is 0 Å². The number of hydrogen-bond acceptors (Lipinski definition) is 4. The fourth-order valence-corrected chi connectivity index (χ4v) is 2.00. The standard InChI is InChI=1S/C14H17N3O/c1-10-8-11(4-5-13(10)18-2)12(9-15)14-16-6-3-7-17-14/h3-8,12H,9,15H2,1-2H3. The van der Waals surface area contributed by atoms with Crippen molar-refractivity contribution in [1.82, 2.24) is 9.97 Å². The average Bonchev–Trinajstić information content (AvgIpc) is 2.41. The van der Waals surface area contributed by atoms with E-state index in [9.17, 15) is 0 Å². The van der Waals surface area contributed by atoms with Gasteiger partial charge in [0.2, 0.25) is 0 Å². The van der Waals surface area contributed by atoms with Crippen LogP contribution in [0, 0.1) is 6.92 Å². The molecule has 0 spiro atoms. The maximum Gasteiger partial charge on any atom is 0.136 e. The first kappa shape index (κ1) is 12.5. The smallest absolute Gasteiger partial charge is 0.136 e. The van der Waals surface area contributed by atoms with Crippen LogP contribution in [0.5, 0.6) is 5.75 Å². The van der Waals surface area contributed by atoms with Crippen LogP contribution in [0.25, 0.3) is 0 Å². The second kappa shape index (κ2) is 5.60. The lowest BCUT2D eigenvalue weighted by Crippen LogP contribution is -2.16. The molecule has 2 rings (SSSR count). The Morgan fingerprint density at radius 2 is 2.00 bits per heavy atom. The molecule has 4 nitrogen and oxygen atoms in total. The molecule has 0 aliphatic carbocycles. The molecule has 2 N–H and O–H groups in total. The second-order valence-corrected chi connectivity index (χ2v) is 4.12. The van der Waals surface area contributed by atoms with Gasteiger partial charge in [0.1, 0.15) is 11.6 Å². The predicted molar refractivity (Wildman–Crippen MR) is 70.7 cm³/mol. The maximum absolute atomic E-state index is 5.85. The lowest BCUT2D eigenvalue weighted by molar-refractivity contribution is 0.411. The summed E-state index contributed by atoms with van der Waals surface area (Å²) in [6.45, 7) is 2.50. The second-order valence-electron chi connectivity index (χ2n) is 4.12. The van der Waals surface area contributed by atoms with Crippen molar-refractivity contribution in [2.45, 2.75) is 12.8 Å². The van der Waals surface area contributed by atoms with Gasteiger partial charge in [0, 0.05) is 18.9 Å². The van der Waals surface area contributed by atoms with E-state index in [4.69, 9.17) is 10.5 Å². The third kappa shape index (κ3) is 2.49. The minimum absolute atomic E-state index is 0.0239.